The van der Waals surface area contributed by atoms with Gasteiger partial charge in [0.2, 0.25) is 0 Å². The van der Waals surface area contributed by atoms with E-state index in [0.717, 1.165) is 0 Å². The first-order chi connectivity index (χ1) is 23.3. The van der Waals surface area contributed by atoms with Crippen molar-refractivity contribution in [2.24, 2.45) is 0 Å². The molecule has 0 spiro atoms. The molecule has 0 aromatic rings. The molecule has 0 aromatic heterocycles. The molecule has 0 aromatic carbocycles. The molecule has 4 nitrogen and oxygen atoms in total. The van der Waals surface area contributed by atoms with Gasteiger partial charge in [-0.05, 0) is 0 Å². The minimum absolute atomic E-state index is 0.487. The van der Waals surface area contributed by atoms with Crippen molar-refractivity contribution in [2.75, 3.05) is 0 Å². The Labute approximate surface area is 307 Å². The van der Waals surface area contributed by atoms with Gasteiger partial charge in [-0.15, -0.1) is 0 Å². The van der Waals surface area contributed by atoms with Crippen LogP contribution in [0.2, 0.25) is 18.1 Å². The Morgan fingerprint density at radius 3 is 0.562 bits per heavy atom. The predicted octanol–water partition coefficient (Wildman–Crippen LogP) is 15.0. The van der Waals surface area contributed by atoms with Crippen LogP contribution in [0.4, 0.5) is 0 Å². The first-order valence-electron chi connectivity index (χ1n) is 22.0. The Hall–Kier alpha value is 0.269. The Kier molecular flexibility index (Phi) is 45.6. The molecule has 0 heterocycles. The normalized spacial score (nSPS) is 11.7. The van der Waals surface area contributed by atoms with Crippen molar-refractivity contribution in [1.82, 2.24) is 0 Å². The molecule has 0 aliphatic carbocycles. The fourth-order valence-electron chi connectivity index (χ4n) is 7.26. The zero-order valence-electron chi connectivity index (χ0n) is 33.3. The van der Waals surface area contributed by atoms with Gasteiger partial charge in [0.25, 0.3) is 0 Å². The standard InChI is InChI=1S/C42H88Si.Cr.2H2O.2O/c1-4-7-10-13-16-19-22-25-28-31-34-37-40-43(41-38-35-32-29-26-23-20-17-14-11-8-5-2)42-39-36-33-30-27-24-21-18-15-12-9-6-3;;;;;/h43H,4-42H2,1-3H3;;2*1H2;;/q;+2;;;;/p-2. The molecule has 0 saturated carbocycles. The van der Waals surface area contributed by atoms with Crippen LogP contribution in [0.5, 0.6) is 0 Å². The first kappa shape index (κ1) is 50.4. The van der Waals surface area contributed by atoms with E-state index in [9.17, 15) is 0 Å². The van der Waals surface area contributed by atoms with E-state index >= 15 is 0 Å². The maximum absolute atomic E-state index is 8.82. The summed E-state index contributed by atoms with van der Waals surface area (Å²) in [5.74, 6) is 0. The van der Waals surface area contributed by atoms with Crippen molar-refractivity contribution in [3.8, 4) is 0 Å². The van der Waals surface area contributed by atoms with E-state index < -0.39 is 22.4 Å². The second kappa shape index (κ2) is 43.4. The zero-order chi connectivity index (χ0) is 35.7. The molecule has 0 fully saturated rings. The van der Waals surface area contributed by atoms with Gasteiger partial charge in [0, 0.05) is 8.80 Å². The molecule has 0 amide bonds. The van der Waals surface area contributed by atoms with E-state index in [0.29, 0.717) is 0 Å². The van der Waals surface area contributed by atoms with Crippen molar-refractivity contribution >= 4 is 8.80 Å². The molecule has 6 heteroatoms. The summed E-state index contributed by atoms with van der Waals surface area (Å²) in [6.45, 7) is 6.97. The molecule has 0 rings (SSSR count). The Balaban J connectivity index is 0. The summed E-state index contributed by atoms with van der Waals surface area (Å²) in [5, 5.41) is 0. The SMILES string of the molecule is CCCCCCCCCCCCCC[SiH](CCCCCCCCCCCCCC)CCCCCCCCCCCCCC.[O]=[Cr](=[O])([OH])[OH]. The summed E-state index contributed by atoms with van der Waals surface area (Å²) < 4.78 is 31.9. The number of unbranched alkanes of at least 4 members (excludes halogenated alkanes) is 33. The molecular formula is C42H90CrO4Si. The molecule has 0 aliphatic heterocycles. The fourth-order valence-corrected chi connectivity index (χ4v) is 10.7. The first-order valence-corrected chi connectivity index (χ1v) is 26.7. The third-order valence-corrected chi connectivity index (χ3v) is 14.1. The van der Waals surface area contributed by atoms with Crippen LogP contribution >= 0.6 is 0 Å². The average molecular weight is 739 g/mol. The van der Waals surface area contributed by atoms with Crippen molar-refractivity contribution < 1.29 is 29.5 Å². The molecule has 0 unspecified atom stereocenters. The minimum atomic E-state index is -5.25. The van der Waals surface area contributed by atoms with Crippen molar-refractivity contribution in [2.45, 2.75) is 270 Å². The van der Waals surface area contributed by atoms with E-state index in [-0.39, 0.29) is 0 Å². The summed E-state index contributed by atoms with van der Waals surface area (Å²) in [6.07, 6.45) is 53.8. The molecule has 0 bridgehead atoms. The Morgan fingerprint density at radius 2 is 0.417 bits per heavy atom. The van der Waals surface area contributed by atoms with Crippen LogP contribution in [0, 0.1) is 0 Å². The summed E-state index contributed by atoms with van der Waals surface area (Å²) in [4.78, 5) is 0. The second-order valence-corrected chi connectivity index (χ2v) is 20.2. The molecular weight excluding hydrogens is 649 g/mol. The van der Waals surface area contributed by atoms with Gasteiger partial charge in [0.1, 0.15) is 0 Å². The van der Waals surface area contributed by atoms with Gasteiger partial charge in [0.05, 0.1) is 0 Å². The Bertz CT molecular complexity index is 598. The van der Waals surface area contributed by atoms with E-state index in [1.807, 2.05) is 0 Å². The average Bonchev–Trinajstić information content (AvgIpc) is 3.05. The Morgan fingerprint density at radius 1 is 0.292 bits per heavy atom. The van der Waals surface area contributed by atoms with Gasteiger partial charge in [-0.3, -0.25) is 0 Å². The van der Waals surface area contributed by atoms with Gasteiger partial charge in [-0.1, -0.05) is 270 Å². The van der Waals surface area contributed by atoms with E-state index in [1.165, 1.54) is 212 Å². The van der Waals surface area contributed by atoms with Crippen LogP contribution in [0.25, 0.3) is 0 Å². The number of hydrogen-bond donors (Lipinski definition) is 2. The molecule has 0 saturated heterocycles. The quantitative estimate of drug-likeness (QED) is 0.0486. The van der Waals surface area contributed by atoms with Crippen LogP contribution in [0.15, 0.2) is 0 Å². The molecule has 48 heavy (non-hydrogen) atoms. The summed E-state index contributed by atoms with van der Waals surface area (Å²) in [6, 6.07) is 5.02. The van der Waals surface area contributed by atoms with E-state index in [1.54, 1.807) is 37.4 Å². The van der Waals surface area contributed by atoms with E-state index in [4.69, 9.17) is 15.9 Å². The van der Waals surface area contributed by atoms with Gasteiger partial charge in [0.15, 0.2) is 0 Å². The van der Waals surface area contributed by atoms with Crippen molar-refractivity contribution in [1.29, 1.82) is 0 Å². The molecule has 0 atom stereocenters. The third kappa shape index (κ3) is 53.1. The number of hydrogen-bond acceptors (Lipinski definition) is 2. The van der Waals surface area contributed by atoms with Gasteiger partial charge >= 0.3 is 29.5 Å². The van der Waals surface area contributed by atoms with Gasteiger partial charge in [-0.25, -0.2) is 0 Å². The monoisotopic (exact) mass is 739 g/mol. The molecule has 0 aliphatic rings. The summed E-state index contributed by atoms with van der Waals surface area (Å²) >= 11 is -5.25. The van der Waals surface area contributed by atoms with Crippen molar-refractivity contribution in [3.05, 3.63) is 0 Å². The molecule has 292 valence electrons. The maximum atomic E-state index is 8.82. The van der Waals surface area contributed by atoms with Crippen LogP contribution in [-0.2, 0) is 21.2 Å². The third-order valence-electron chi connectivity index (χ3n) is 10.4. The molecule has 2 N–H and O–H groups in total. The second-order valence-electron chi connectivity index (χ2n) is 15.3. The van der Waals surface area contributed by atoms with Crippen molar-refractivity contribution in [3.63, 3.8) is 0 Å². The van der Waals surface area contributed by atoms with Crippen LogP contribution in [0.3, 0.4) is 0 Å². The topological polar surface area (TPSA) is 74.6 Å². The fraction of sp³-hybridized carbons (Fsp3) is 1.00. The number of rotatable bonds is 39. The van der Waals surface area contributed by atoms with E-state index in [2.05, 4.69) is 20.8 Å². The zero-order valence-corrected chi connectivity index (χ0v) is 35.7. The predicted molar refractivity (Wildman–Crippen MR) is 211 cm³/mol. The van der Waals surface area contributed by atoms with Crippen LogP contribution < -0.4 is 0 Å². The van der Waals surface area contributed by atoms with Crippen LogP contribution in [-0.4, -0.2) is 17.1 Å². The van der Waals surface area contributed by atoms with Crippen LogP contribution in [0.1, 0.15) is 252 Å². The summed E-state index contributed by atoms with van der Waals surface area (Å²) in [7, 11) is -0.487. The molecule has 0 radical (unpaired) electrons. The summed E-state index contributed by atoms with van der Waals surface area (Å²) in [5.41, 5.74) is 0. The van der Waals surface area contributed by atoms with Gasteiger partial charge in [-0.2, -0.15) is 0 Å². The van der Waals surface area contributed by atoms with Gasteiger partial charge < -0.3 is 0 Å².